The molecule has 0 N–H and O–H groups in total. The molecule has 3 nitrogen and oxygen atoms in total. The number of fused-ring (bicyclic) bond motifs is 7. The summed E-state index contributed by atoms with van der Waals surface area (Å²) in [5.74, 6) is 1.38. The maximum atomic E-state index is 5.22. The van der Waals surface area contributed by atoms with Gasteiger partial charge in [0.25, 0.3) is 0 Å². The van der Waals surface area contributed by atoms with Crippen LogP contribution in [0.4, 0.5) is 0 Å². The summed E-state index contributed by atoms with van der Waals surface area (Å²) in [7, 11) is 0. The highest BCUT2D eigenvalue weighted by Crippen LogP contribution is 2.48. The zero-order valence-corrected chi connectivity index (χ0v) is 23.6. The molecular weight excluding hydrogens is 522 g/mol. The number of hydrogen-bond donors (Lipinski definition) is 0. The molecule has 3 aliphatic carbocycles. The molecule has 0 bridgehead atoms. The van der Waals surface area contributed by atoms with Crippen molar-refractivity contribution in [3.8, 4) is 16.8 Å². The minimum atomic E-state index is 0.360. The largest absolute Gasteiger partial charge is 0.293 e. The molecule has 2 heterocycles. The standard InChI is InChI=1S/C40H29N3/c1-2-11-26(12-3-1)27-14-10-15-30(23-27)43-38-22-21-29(25-35(38)39-40(43)42-37-20-9-8-19-36(37)41-39)34-24-28-13-4-5-16-31(28)32-17-6-7-18-33(32)34/h1-15,17-25,31-33H,16H2. The maximum Gasteiger partial charge on any atom is 0.165 e. The van der Waals surface area contributed by atoms with Gasteiger partial charge in [0.15, 0.2) is 5.65 Å². The Labute approximate surface area is 250 Å². The molecule has 4 aromatic carbocycles. The first-order valence-electron chi connectivity index (χ1n) is 15.1. The maximum absolute atomic E-state index is 5.22. The van der Waals surface area contributed by atoms with Crippen LogP contribution in [0.1, 0.15) is 12.0 Å². The van der Waals surface area contributed by atoms with E-state index in [0.717, 1.165) is 45.2 Å². The number of hydrogen-bond acceptors (Lipinski definition) is 2. The normalized spacial score (nSPS) is 20.7. The van der Waals surface area contributed by atoms with Crippen LogP contribution in [-0.2, 0) is 0 Å². The average molecular weight is 552 g/mol. The highest BCUT2D eigenvalue weighted by atomic mass is 15.1. The molecule has 0 saturated heterocycles. The fourth-order valence-corrected chi connectivity index (χ4v) is 7.33. The minimum absolute atomic E-state index is 0.360. The fourth-order valence-electron chi connectivity index (χ4n) is 7.33. The smallest absolute Gasteiger partial charge is 0.165 e. The van der Waals surface area contributed by atoms with Crippen molar-refractivity contribution in [2.75, 3.05) is 0 Å². The minimum Gasteiger partial charge on any atom is -0.293 e. The Kier molecular flexibility index (Phi) is 5.45. The quantitative estimate of drug-likeness (QED) is 0.219. The Balaban J connectivity index is 1.29. The van der Waals surface area contributed by atoms with Crippen molar-refractivity contribution in [3.05, 3.63) is 157 Å². The Morgan fingerprint density at radius 1 is 0.674 bits per heavy atom. The van der Waals surface area contributed by atoms with Gasteiger partial charge in [0.2, 0.25) is 0 Å². The molecule has 0 saturated carbocycles. The van der Waals surface area contributed by atoms with Crippen molar-refractivity contribution in [2.24, 2.45) is 17.8 Å². The van der Waals surface area contributed by atoms with Crippen LogP contribution >= 0.6 is 0 Å². The van der Waals surface area contributed by atoms with Gasteiger partial charge in [0.05, 0.1) is 16.6 Å². The van der Waals surface area contributed by atoms with E-state index in [2.05, 4.69) is 132 Å². The van der Waals surface area contributed by atoms with E-state index in [1.807, 2.05) is 18.2 Å². The number of allylic oxidation sites excluding steroid dienone is 10. The molecule has 6 aromatic rings. The number of benzene rings is 4. The molecule has 204 valence electrons. The topological polar surface area (TPSA) is 30.7 Å². The van der Waals surface area contributed by atoms with Crippen LogP contribution in [-0.4, -0.2) is 14.5 Å². The first-order chi connectivity index (χ1) is 21.3. The second kappa shape index (κ2) is 9.64. The van der Waals surface area contributed by atoms with Gasteiger partial charge in [0, 0.05) is 17.0 Å². The van der Waals surface area contributed by atoms with Crippen LogP contribution in [0.5, 0.6) is 0 Å². The Morgan fingerprint density at radius 3 is 2.40 bits per heavy atom. The van der Waals surface area contributed by atoms with E-state index in [0.29, 0.717) is 17.8 Å². The molecular formula is C40H29N3. The van der Waals surface area contributed by atoms with Crippen LogP contribution in [0.2, 0.25) is 0 Å². The van der Waals surface area contributed by atoms with Crippen molar-refractivity contribution < 1.29 is 0 Å². The van der Waals surface area contributed by atoms with E-state index in [4.69, 9.17) is 9.97 Å². The summed E-state index contributed by atoms with van der Waals surface area (Å²) >= 11 is 0. The zero-order chi connectivity index (χ0) is 28.3. The van der Waals surface area contributed by atoms with Crippen molar-refractivity contribution in [1.82, 2.24) is 14.5 Å². The summed E-state index contributed by atoms with van der Waals surface area (Å²) in [5.41, 5.74) is 12.3. The lowest BCUT2D eigenvalue weighted by atomic mass is 9.65. The van der Waals surface area contributed by atoms with E-state index < -0.39 is 0 Å². The third kappa shape index (κ3) is 3.89. The van der Waals surface area contributed by atoms with E-state index in [1.54, 1.807) is 0 Å². The first-order valence-corrected chi connectivity index (χ1v) is 15.1. The van der Waals surface area contributed by atoms with Gasteiger partial charge in [-0.15, -0.1) is 0 Å². The number of aromatic nitrogens is 3. The molecule has 3 heteroatoms. The van der Waals surface area contributed by atoms with Gasteiger partial charge in [0.1, 0.15) is 5.52 Å². The highest BCUT2D eigenvalue weighted by molar-refractivity contribution is 6.08. The van der Waals surface area contributed by atoms with Gasteiger partial charge in [-0.1, -0.05) is 109 Å². The molecule has 3 aliphatic rings. The lowest BCUT2D eigenvalue weighted by Crippen LogP contribution is -2.28. The van der Waals surface area contributed by atoms with Crippen molar-refractivity contribution in [3.63, 3.8) is 0 Å². The second-order valence-corrected chi connectivity index (χ2v) is 11.8. The predicted molar refractivity (Wildman–Crippen MR) is 178 cm³/mol. The molecule has 3 unspecified atom stereocenters. The molecule has 9 rings (SSSR count). The lowest BCUT2D eigenvalue weighted by Gasteiger charge is -2.39. The summed E-state index contributed by atoms with van der Waals surface area (Å²) in [6, 6.07) is 34.4. The van der Waals surface area contributed by atoms with Crippen molar-refractivity contribution in [2.45, 2.75) is 6.42 Å². The first kappa shape index (κ1) is 24.3. The molecule has 3 atom stereocenters. The molecule has 0 radical (unpaired) electrons. The SMILES string of the molecule is C1=CCC2C(=C1)C=C(c1ccc3c(c1)c1nc4ccccc4nc1n3-c1cccc(-c3ccccc3)c1)C1C=CC=CC12. The van der Waals surface area contributed by atoms with Gasteiger partial charge >= 0.3 is 0 Å². The Morgan fingerprint density at radius 2 is 1.49 bits per heavy atom. The van der Waals surface area contributed by atoms with E-state index in [1.165, 1.54) is 27.8 Å². The fraction of sp³-hybridized carbons (Fsp3) is 0.100. The molecule has 0 spiro atoms. The van der Waals surface area contributed by atoms with E-state index in [9.17, 15) is 0 Å². The summed E-state index contributed by atoms with van der Waals surface area (Å²) in [4.78, 5) is 10.4. The van der Waals surface area contributed by atoms with Crippen LogP contribution < -0.4 is 0 Å². The summed E-state index contributed by atoms with van der Waals surface area (Å²) < 4.78 is 2.28. The molecule has 0 amide bonds. The lowest BCUT2D eigenvalue weighted by molar-refractivity contribution is 0.400. The van der Waals surface area contributed by atoms with E-state index in [-0.39, 0.29) is 0 Å². The van der Waals surface area contributed by atoms with Gasteiger partial charge in [-0.3, -0.25) is 4.57 Å². The number of rotatable bonds is 3. The van der Waals surface area contributed by atoms with Gasteiger partial charge < -0.3 is 0 Å². The third-order valence-corrected chi connectivity index (χ3v) is 9.37. The van der Waals surface area contributed by atoms with Gasteiger partial charge in [-0.25, -0.2) is 9.97 Å². The summed E-state index contributed by atoms with van der Waals surface area (Å²) in [6.07, 6.45) is 19.6. The van der Waals surface area contributed by atoms with Gasteiger partial charge in [-0.2, -0.15) is 0 Å². The zero-order valence-electron chi connectivity index (χ0n) is 23.6. The summed E-state index contributed by atoms with van der Waals surface area (Å²) in [5, 5.41) is 1.13. The third-order valence-electron chi connectivity index (χ3n) is 9.37. The van der Waals surface area contributed by atoms with Crippen LogP contribution in [0, 0.1) is 17.8 Å². The average Bonchev–Trinajstić information content (AvgIpc) is 3.39. The monoisotopic (exact) mass is 551 g/mol. The van der Waals surface area contributed by atoms with Gasteiger partial charge in [-0.05, 0) is 82.5 Å². The van der Waals surface area contributed by atoms with Crippen LogP contribution in [0.25, 0.3) is 55.5 Å². The molecule has 0 aliphatic heterocycles. The van der Waals surface area contributed by atoms with Crippen LogP contribution in [0.15, 0.2) is 151 Å². The molecule has 43 heavy (non-hydrogen) atoms. The predicted octanol–water partition coefficient (Wildman–Crippen LogP) is 9.65. The number of nitrogens with zero attached hydrogens (tertiary/aromatic N) is 3. The molecule has 2 aromatic heterocycles. The number of para-hydroxylation sites is 2. The summed E-state index contributed by atoms with van der Waals surface area (Å²) in [6.45, 7) is 0. The highest BCUT2D eigenvalue weighted by Gasteiger charge is 2.36. The molecule has 0 fully saturated rings. The second-order valence-electron chi connectivity index (χ2n) is 11.8. The van der Waals surface area contributed by atoms with Crippen molar-refractivity contribution >= 4 is 38.7 Å². The van der Waals surface area contributed by atoms with Crippen molar-refractivity contribution in [1.29, 1.82) is 0 Å². The van der Waals surface area contributed by atoms with E-state index >= 15 is 0 Å². The Bertz CT molecular complexity index is 2230. The Hall–Kier alpha value is -5.28. The van der Waals surface area contributed by atoms with Crippen LogP contribution in [0.3, 0.4) is 0 Å².